The Morgan fingerprint density at radius 3 is 0.664 bits per heavy atom. The molecule has 0 fully saturated rings. The lowest BCUT2D eigenvalue weighted by Gasteiger charge is -2.21. The number of carbonyl (C=O) groups excluding carboxylic acids is 4. The summed E-state index contributed by atoms with van der Waals surface area (Å²) >= 11 is 0. The van der Waals surface area contributed by atoms with Gasteiger partial charge in [0, 0.05) is 25.7 Å². The Morgan fingerprint density at radius 2 is 0.449 bits per heavy atom. The Bertz CT molecular complexity index is 2080. The van der Waals surface area contributed by atoms with Crippen LogP contribution in [-0.2, 0) is 65.4 Å². The lowest BCUT2D eigenvalue weighted by molar-refractivity contribution is -0.161. The van der Waals surface area contributed by atoms with Crippen LogP contribution >= 0.6 is 15.6 Å². The van der Waals surface area contributed by atoms with Gasteiger partial charge in [-0.15, -0.1) is 0 Å². The fourth-order valence-corrected chi connectivity index (χ4v) is 15.2. The number of hydrogen-bond acceptors (Lipinski definition) is 15. The predicted octanol–water partition coefficient (Wildman–Crippen LogP) is 26.7. The van der Waals surface area contributed by atoms with E-state index in [1.165, 1.54) is 263 Å². The van der Waals surface area contributed by atoms with Gasteiger partial charge in [0.25, 0.3) is 0 Å². The molecule has 17 nitrogen and oxygen atoms in total. The van der Waals surface area contributed by atoms with Crippen molar-refractivity contribution in [3.05, 3.63) is 0 Å². The molecule has 0 aromatic heterocycles. The second kappa shape index (κ2) is 76.7. The van der Waals surface area contributed by atoms with Crippen LogP contribution in [0.1, 0.15) is 460 Å². The van der Waals surface area contributed by atoms with Crippen molar-refractivity contribution in [2.75, 3.05) is 39.6 Å². The fraction of sp³-hybridized carbons (Fsp3) is 0.955. The van der Waals surface area contributed by atoms with Gasteiger partial charge in [-0.2, -0.15) is 0 Å². The van der Waals surface area contributed by atoms with E-state index >= 15 is 0 Å². The maximum Gasteiger partial charge on any atom is 0.472 e. The lowest BCUT2D eigenvalue weighted by atomic mass is 9.99. The number of phosphoric ester groups is 2. The maximum absolute atomic E-state index is 13.2. The standard InChI is InChI=1S/C88H172O17P2/c1-9-80(7)66-58-50-42-34-26-19-15-13-11-12-14-16-22-29-37-46-54-62-70-87(92)104-83(74-98-85(90)68-60-52-44-36-28-21-18-17-20-27-35-43-51-59-67-81(8)10-2)76-102-106(94,95)100-72-82(89)73-101-107(96,97)103-77-84(75-99-86(91)69-61-53-45-39-31-33-41-49-57-65-79(5)6)105-88(93)71-63-55-47-38-30-24-23-25-32-40-48-56-64-78(3)4/h78-84,89H,9-77H2,1-8H3,(H,94,95)(H,96,97)/t80?,81?,82-,83-,84-/m1/s1. The third-order valence-electron chi connectivity index (χ3n) is 21.3. The molecule has 4 unspecified atom stereocenters. The van der Waals surface area contributed by atoms with E-state index < -0.39 is 97.5 Å². The van der Waals surface area contributed by atoms with Crippen LogP contribution in [0.5, 0.6) is 0 Å². The summed E-state index contributed by atoms with van der Waals surface area (Å²) in [7, 11) is -9.93. The minimum absolute atomic E-state index is 0.106. The SMILES string of the molecule is CCC(C)CCCCCCCCCCCCCCCCCCCCC(=O)O[C@H](COC(=O)CCCCCCCCCCCCCCCCC(C)CC)COP(=O)(O)OC[C@@H](O)COP(=O)(O)OC[C@@H](COC(=O)CCCCCCCCCCCC(C)C)OC(=O)CCCCCCCCCCCCCCC(C)C. The molecule has 0 aromatic rings. The normalized spacial score (nSPS) is 14.4. The molecular weight excluding hydrogens is 1390 g/mol. The smallest absolute Gasteiger partial charge is 0.462 e. The number of ether oxygens (including phenoxy) is 4. The maximum atomic E-state index is 13.2. The minimum atomic E-state index is -4.97. The highest BCUT2D eigenvalue weighted by molar-refractivity contribution is 7.47. The first-order valence-corrected chi connectivity index (χ1v) is 48.3. The summed E-state index contributed by atoms with van der Waals surface area (Å²) < 4.78 is 69.0. The molecule has 0 heterocycles. The van der Waals surface area contributed by atoms with Crippen LogP contribution in [0, 0.1) is 23.7 Å². The second-order valence-electron chi connectivity index (χ2n) is 33.1. The molecule has 0 rings (SSSR count). The van der Waals surface area contributed by atoms with Gasteiger partial charge in [0.2, 0.25) is 0 Å². The number of aliphatic hydroxyl groups excluding tert-OH is 1. The third kappa shape index (κ3) is 79.1. The molecule has 636 valence electrons. The second-order valence-corrected chi connectivity index (χ2v) is 36.0. The zero-order valence-corrected chi connectivity index (χ0v) is 72.6. The number of aliphatic hydroxyl groups is 1. The van der Waals surface area contributed by atoms with Crippen LogP contribution in [0.2, 0.25) is 0 Å². The van der Waals surface area contributed by atoms with E-state index in [0.29, 0.717) is 25.7 Å². The molecule has 0 aliphatic rings. The van der Waals surface area contributed by atoms with Gasteiger partial charge in [0.1, 0.15) is 19.3 Å². The van der Waals surface area contributed by atoms with E-state index in [9.17, 15) is 43.2 Å². The molecule has 0 saturated heterocycles. The molecule has 0 amide bonds. The third-order valence-corrected chi connectivity index (χ3v) is 23.2. The monoisotopic (exact) mass is 1560 g/mol. The number of rotatable bonds is 85. The molecule has 107 heavy (non-hydrogen) atoms. The van der Waals surface area contributed by atoms with Gasteiger partial charge >= 0.3 is 39.5 Å². The van der Waals surface area contributed by atoms with Crippen LogP contribution in [-0.4, -0.2) is 96.7 Å². The van der Waals surface area contributed by atoms with Crippen LogP contribution in [0.3, 0.4) is 0 Å². The van der Waals surface area contributed by atoms with Crippen LogP contribution in [0.25, 0.3) is 0 Å². The summed E-state index contributed by atoms with van der Waals surface area (Å²) in [5.41, 5.74) is 0. The zero-order valence-electron chi connectivity index (χ0n) is 70.8. The molecule has 0 spiro atoms. The first-order chi connectivity index (χ1) is 51.7. The van der Waals surface area contributed by atoms with Gasteiger partial charge in [0.15, 0.2) is 12.2 Å². The van der Waals surface area contributed by atoms with Crippen molar-refractivity contribution in [3.8, 4) is 0 Å². The molecule has 0 aliphatic carbocycles. The molecule has 3 N–H and O–H groups in total. The largest absolute Gasteiger partial charge is 0.472 e. The average molecular weight is 1560 g/mol. The molecule has 0 bridgehead atoms. The van der Waals surface area contributed by atoms with Crippen molar-refractivity contribution in [3.63, 3.8) is 0 Å². The Kier molecular flexibility index (Phi) is 75.3. The van der Waals surface area contributed by atoms with Gasteiger partial charge in [-0.25, -0.2) is 9.13 Å². The summed E-state index contributed by atoms with van der Waals surface area (Å²) in [5.74, 6) is 1.14. The fourth-order valence-electron chi connectivity index (χ4n) is 13.6. The Hall–Kier alpha value is -1.94. The van der Waals surface area contributed by atoms with Crippen molar-refractivity contribution in [1.29, 1.82) is 0 Å². The molecule has 0 saturated carbocycles. The summed E-state index contributed by atoms with van der Waals surface area (Å²) in [6.45, 7) is 14.4. The van der Waals surface area contributed by atoms with Gasteiger partial charge < -0.3 is 33.8 Å². The van der Waals surface area contributed by atoms with E-state index in [1.807, 2.05) is 0 Å². The zero-order chi connectivity index (χ0) is 78.8. The highest BCUT2D eigenvalue weighted by Gasteiger charge is 2.31. The summed E-state index contributed by atoms with van der Waals surface area (Å²) in [5, 5.41) is 10.7. The number of unbranched alkanes of at least 4 members (excludes halogenated alkanes) is 49. The van der Waals surface area contributed by atoms with Crippen molar-refractivity contribution >= 4 is 39.5 Å². The van der Waals surface area contributed by atoms with Gasteiger partial charge in [-0.1, -0.05) is 409 Å². The highest BCUT2D eigenvalue weighted by Crippen LogP contribution is 2.45. The van der Waals surface area contributed by atoms with E-state index in [4.69, 9.17) is 37.0 Å². The van der Waals surface area contributed by atoms with Crippen molar-refractivity contribution in [1.82, 2.24) is 0 Å². The van der Waals surface area contributed by atoms with Crippen LogP contribution in [0.15, 0.2) is 0 Å². The van der Waals surface area contributed by atoms with Crippen molar-refractivity contribution in [2.24, 2.45) is 23.7 Å². The Labute approximate surface area is 658 Å². The molecule has 0 aromatic carbocycles. The summed E-state index contributed by atoms with van der Waals surface area (Å²) in [6.07, 6.45) is 66.5. The number of phosphoric acid groups is 2. The van der Waals surface area contributed by atoms with Crippen molar-refractivity contribution < 1.29 is 80.2 Å². The van der Waals surface area contributed by atoms with E-state index in [-0.39, 0.29) is 25.7 Å². The molecule has 0 radical (unpaired) electrons. The van der Waals surface area contributed by atoms with Crippen LogP contribution < -0.4 is 0 Å². The summed E-state index contributed by atoms with van der Waals surface area (Å²) in [6, 6.07) is 0. The highest BCUT2D eigenvalue weighted by atomic mass is 31.2. The van der Waals surface area contributed by atoms with Gasteiger partial charge in [-0.3, -0.25) is 37.3 Å². The Morgan fingerprint density at radius 1 is 0.262 bits per heavy atom. The first-order valence-electron chi connectivity index (χ1n) is 45.3. The average Bonchev–Trinajstić information content (AvgIpc) is 0.900. The van der Waals surface area contributed by atoms with Crippen molar-refractivity contribution in [2.45, 2.75) is 478 Å². The number of esters is 4. The quantitative estimate of drug-likeness (QED) is 0.0222. The van der Waals surface area contributed by atoms with Gasteiger partial charge in [-0.05, 0) is 49.4 Å². The van der Waals surface area contributed by atoms with E-state index in [0.717, 1.165) is 114 Å². The first kappa shape index (κ1) is 105. The minimum Gasteiger partial charge on any atom is -0.462 e. The Balaban J connectivity index is 5.25. The summed E-state index contributed by atoms with van der Waals surface area (Å²) in [4.78, 5) is 73.3. The topological polar surface area (TPSA) is 237 Å². The number of hydrogen-bond donors (Lipinski definition) is 3. The van der Waals surface area contributed by atoms with E-state index in [2.05, 4.69) is 55.4 Å². The van der Waals surface area contributed by atoms with Crippen LogP contribution in [0.4, 0.5) is 0 Å². The van der Waals surface area contributed by atoms with Gasteiger partial charge in [0.05, 0.1) is 26.4 Å². The molecule has 19 heteroatoms. The predicted molar refractivity (Wildman–Crippen MR) is 441 cm³/mol. The molecular formula is C88H172O17P2. The van der Waals surface area contributed by atoms with E-state index in [1.54, 1.807) is 0 Å². The lowest BCUT2D eigenvalue weighted by Crippen LogP contribution is -2.30. The molecule has 7 atom stereocenters. The molecule has 0 aliphatic heterocycles. The number of carbonyl (C=O) groups is 4.